The molecule has 5 aromatic rings. The fraction of sp³-hybridized carbons (Fsp3) is 0.192. The Kier molecular flexibility index (Phi) is 6.22. The van der Waals surface area contributed by atoms with Gasteiger partial charge in [-0.3, -0.25) is 9.36 Å². The molecule has 1 saturated heterocycles. The number of aromatic nitrogens is 5. The lowest BCUT2D eigenvalue weighted by Crippen LogP contribution is -2.17. The van der Waals surface area contributed by atoms with Crippen LogP contribution in [0.1, 0.15) is 36.0 Å². The average molecular weight is 517 g/mol. The lowest BCUT2D eigenvalue weighted by molar-refractivity contribution is -0.0298. The number of pyridine rings is 1. The second-order valence-corrected chi connectivity index (χ2v) is 8.61. The Hall–Kier alpha value is -4.71. The number of halogens is 2. The Labute approximate surface area is 214 Å². The highest BCUT2D eigenvalue weighted by Crippen LogP contribution is 2.35. The van der Waals surface area contributed by atoms with Crippen molar-refractivity contribution in [3.63, 3.8) is 0 Å². The number of furan rings is 1. The lowest BCUT2D eigenvalue weighted by atomic mass is 10.1. The standard InChI is InChI=1S/C26H21F2N7O3/c27-16-8-9-17(33-26(36)18-6-4-12-37-18)20(28)22(16)34-24-15(5-3-10-29-24)21-23-25(31-13-30-21)35(14-32-23)19-7-1-2-11-38-19/h3-6,8-10,12-14,19H,1-2,7,11H2,(H,29,34)(H,33,36). The number of anilines is 3. The van der Waals surface area contributed by atoms with Crippen LogP contribution in [-0.4, -0.2) is 37.0 Å². The summed E-state index contributed by atoms with van der Waals surface area (Å²) in [4.78, 5) is 30.0. The molecule has 2 N–H and O–H groups in total. The van der Waals surface area contributed by atoms with Gasteiger partial charge in [-0.15, -0.1) is 0 Å². The van der Waals surface area contributed by atoms with Crippen LogP contribution in [-0.2, 0) is 4.74 Å². The van der Waals surface area contributed by atoms with E-state index in [-0.39, 0.29) is 23.5 Å². The topological polar surface area (TPSA) is 120 Å². The van der Waals surface area contributed by atoms with Gasteiger partial charge in [0.2, 0.25) is 0 Å². The summed E-state index contributed by atoms with van der Waals surface area (Å²) in [6.45, 7) is 0.664. The molecule has 6 rings (SSSR count). The van der Waals surface area contributed by atoms with E-state index in [1.807, 2.05) is 4.57 Å². The van der Waals surface area contributed by atoms with Gasteiger partial charge in [0.05, 0.1) is 18.3 Å². The van der Waals surface area contributed by atoms with Crippen molar-refractivity contribution in [2.45, 2.75) is 25.5 Å². The van der Waals surface area contributed by atoms with Crippen molar-refractivity contribution >= 4 is 34.3 Å². The monoisotopic (exact) mass is 517 g/mol. The van der Waals surface area contributed by atoms with Crippen molar-refractivity contribution < 1.29 is 22.7 Å². The second kappa shape index (κ2) is 9.98. The van der Waals surface area contributed by atoms with Gasteiger partial charge in [-0.05, 0) is 55.7 Å². The maximum atomic E-state index is 15.4. The Balaban J connectivity index is 1.36. The molecule has 1 aromatic carbocycles. The first-order valence-electron chi connectivity index (χ1n) is 11.9. The number of nitrogens with zero attached hydrogens (tertiary/aromatic N) is 5. The minimum Gasteiger partial charge on any atom is -0.459 e. The molecule has 1 unspecified atom stereocenters. The summed E-state index contributed by atoms with van der Waals surface area (Å²) >= 11 is 0. The van der Waals surface area contributed by atoms with Gasteiger partial charge < -0.3 is 19.8 Å². The summed E-state index contributed by atoms with van der Waals surface area (Å²) in [5, 5.41) is 5.13. The van der Waals surface area contributed by atoms with E-state index in [1.54, 1.807) is 18.5 Å². The minimum absolute atomic E-state index is 0.0129. The molecule has 1 fully saturated rings. The van der Waals surface area contributed by atoms with E-state index in [9.17, 15) is 9.18 Å². The molecule has 1 atom stereocenters. The van der Waals surface area contributed by atoms with E-state index in [2.05, 4.69) is 30.6 Å². The Bertz CT molecular complexity index is 1610. The smallest absolute Gasteiger partial charge is 0.291 e. The summed E-state index contributed by atoms with van der Waals surface area (Å²) in [5.41, 5.74) is 1.24. The third-order valence-electron chi connectivity index (χ3n) is 6.22. The van der Waals surface area contributed by atoms with Crippen molar-refractivity contribution in [1.29, 1.82) is 0 Å². The summed E-state index contributed by atoms with van der Waals surface area (Å²) in [7, 11) is 0. The van der Waals surface area contributed by atoms with Crippen LogP contribution in [0.3, 0.4) is 0 Å². The van der Waals surface area contributed by atoms with E-state index >= 15 is 4.39 Å². The fourth-order valence-electron chi connectivity index (χ4n) is 4.37. The number of amides is 1. The summed E-state index contributed by atoms with van der Waals surface area (Å²) < 4.78 is 43.0. The summed E-state index contributed by atoms with van der Waals surface area (Å²) in [6, 6.07) is 8.53. The lowest BCUT2D eigenvalue weighted by Gasteiger charge is -2.23. The van der Waals surface area contributed by atoms with Crippen molar-refractivity contribution in [2.75, 3.05) is 17.2 Å². The summed E-state index contributed by atoms with van der Waals surface area (Å²) in [5.74, 6) is -2.43. The molecule has 10 nitrogen and oxygen atoms in total. The highest BCUT2D eigenvalue weighted by molar-refractivity contribution is 6.02. The van der Waals surface area contributed by atoms with Crippen LogP contribution in [0.4, 0.5) is 26.0 Å². The number of hydrogen-bond donors (Lipinski definition) is 2. The zero-order valence-corrected chi connectivity index (χ0v) is 19.9. The quantitative estimate of drug-likeness (QED) is 0.305. The van der Waals surface area contributed by atoms with Gasteiger partial charge >= 0.3 is 0 Å². The number of nitrogens with one attached hydrogen (secondary N) is 2. The Morgan fingerprint density at radius 1 is 1.05 bits per heavy atom. The maximum Gasteiger partial charge on any atom is 0.291 e. The van der Waals surface area contributed by atoms with Gasteiger partial charge in [-0.2, -0.15) is 0 Å². The van der Waals surface area contributed by atoms with Crippen LogP contribution in [0.2, 0.25) is 0 Å². The van der Waals surface area contributed by atoms with Gasteiger partial charge in [-0.25, -0.2) is 28.7 Å². The molecule has 5 heterocycles. The van der Waals surface area contributed by atoms with Crippen LogP contribution >= 0.6 is 0 Å². The maximum absolute atomic E-state index is 15.4. The fourth-order valence-corrected chi connectivity index (χ4v) is 4.37. The molecule has 0 aliphatic carbocycles. The van der Waals surface area contributed by atoms with Crippen molar-refractivity contribution in [3.8, 4) is 11.3 Å². The van der Waals surface area contributed by atoms with Gasteiger partial charge in [-0.1, -0.05) is 0 Å². The van der Waals surface area contributed by atoms with Crippen LogP contribution in [0, 0.1) is 11.6 Å². The first-order chi connectivity index (χ1) is 18.6. The van der Waals surface area contributed by atoms with E-state index in [4.69, 9.17) is 9.15 Å². The molecule has 0 saturated carbocycles. The van der Waals surface area contributed by atoms with Gasteiger partial charge in [0, 0.05) is 18.4 Å². The minimum atomic E-state index is -1.01. The molecule has 1 aliphatic heterocycles. The molecule has 12 heteroatoms. The Morgan fingerprint density at radius 3 is 2.79 bits per heavy atom. The number of fused-ring (bicyclic) bond motifs is 1. The average Bonchev–Trinajstić information content (AvgIpc) is 3.64. The predicted molar refractivity (Wildman–Crippen MR) is 134 cm³/mol. The van der Waals surface area contributed by atoms with Crippen molar-refractivity contribution in [3.05, 3.63) is 78.9 Å². The highest BCUT2D eigenvalue weighted by Gasteiger charge is 2.23. The first kappa shape index (κ1) is 23.7. The molecule has 1 amide bonds. The van der Waals surface area contributed by atoms with Crippen molar-refractivity contribution in [2.24, 2.45) is 0 Å². The molecule has 0 spiro atoms. The first-order valence-corrected chi connectivity index (χ1v) is 11.9. The van der Waals surface area contributed by atoms with E-state index in [1.165, 1.54) is 30.9 Å². The van der Waals surface area contributed by atoms with E-state index in [0.717, 1.165) is 31.4 Å². The zero-order chi connectivity index (χ0) is 26.1. The Morgan fingerprint density at radius 2 is 1.97 bits per heavy atom. The van der Waals surface area contributed by atoms with Crippen LogP contribution in [0.25, 0.3) is 22.4 Å². The number of imidazole rings is 1. The van der Waals surface area contributed by atoms with Gasteiger partial charge in [0.15, 0.2) is 17.2 Å². The molecule has 4 aromatic heterocycles. The number of benzene rings is 1. The van der Waals surface area contributed by atoms with Gasteiger partial charge in [0.25, 0.3) is 5.91 Å². The molecule has 38 heavy (non-hydrogen) atoms. The predicted octanol–water partition coefficient (Wildman–Crippen LogP) is 5.45. The number of ether oxygens (including phenoxy) is 1. The molecule has 0 radical (unpaired) electrons. The molecule has 0 bridgehead atoms. The third-order valence-corrected chi connectivity index (χ3v) is 6.22. The second-order valence-electron chi connectivity index (χ2n) is 8.61. The number of carbonyl (C=O) groups is 1. The number of rotatable bonds is 6. The molecule has 192 valence electrons. The zero-order valence-electron chi connectivity index (χ0n) is 19.9. The number of hydrogen-bond acceptors (Lipinski definition) is 8. The molecular weight excluding hydrogens is 496 g/mol. The number of carbonyl (C=O) groups excluding carboxylic acids is 1. The van der Waals surface area contributed by atoms with Crippen molar-refractivity contribution in [1.82, 2.24) is 24.5 Å². The largest absolute Gasteiger partial charge is 0.459 e. The molecule has 1 aliphatic rings. The third kappa shape index (κ3) is 4.34. The molecular formula is C26H21F2N7O3. The normalized spacial score (nSPS) is 15.5. The highest BCUT2D eigenvalue weighted by atomic mass is 19.1. The van der Waals surface area contributed by atoms with E-state index in [0.29, 0.717) is 29.0 Å². The van der Waals surface area contributed by atoms with Gasteiger partial charge in [0.1, 0.15) is 41.1 Å². The van der Waals surface area contributed by atoms with Crippen LogP contribution in [0.5, 0.6) is 0 Å². The van der Waals surface area contributed by atoms with E-state index < -0.39 is 23.2 Å². The van der Waals surface area contributed by atoms with Crippen LogP contribution < -0.4 is 10.6 Å². The van der Waals surface area contributed by atoms with Crippen LogP contribution in [0.15, 0.2) is 65.9 Å². The summed E-state index contributed by atoms with van der Waals surface area (Å²) in [6.07, 6.45) is 8.58. The SMILES string of the molecule is O=C(Nc1ccc(F)c(Nc2ncccc2-c2ncnc3c2ncn3C2CCCCO2)c1F)c1ccco1.